The lowest BCUT2D eigenvalue weighted by Crippen LogP contribution is -2.22. The lowest BCUT2D eigenvalue weighted by atomic mass is 10.0. The average Bonchev–Trinajstić information content (AvgIpc) is 2.91. The van der Waals surface area contributed by atoms with E-state index in [-0.39, 0.29) is 11.9 Å². The Balaban J connectivity index is 2.01. The summed E-state index contributed by atoms with van der Waals surface area (Å²) >= 11 is 7.11. The number of fused-ring (bicyclic) bond motifs is 1. The lowest BCUT2D eigenvalue weighted by Gasteiger charge is -2.18. The van der Waals surface area contributed by atoms with Crippen LogP contribution in [-0.2, 0) is 12.2 Å². The van der Waals surface area contributed by atoms with E-state index >= 15 is 0 Å². The number of nitrogens with one attached hydrogen (secondary N) is 1. The van der Waals surface area contributed by atoms with Crippen LogP contribution in [0.25, 0.3) is 0 Å². The summed E-state index contributed by atoms with van der Waals surface area (Å²) in [4.78, 5) is 2.70. The van der Waals surface area contributed by atoms with Crippen molar-refractivity contribution in [2.75, 3.05) is 12.3 Å². The van der Waals surface area contributed by atoms with Crippen LogP contribution in [0.4, 0.5) is 4.39 Å². The predicted molar refractivity (Wildman–Crippen MR) is 93.8 cm³/mol. The molecule has 5 heteroatoms. The van der Waals surface area contributed by atoms with Gasteiger partial charge in [0.25, 0.3) is 0 Å². The smallest absolute Gasteiger partial charge is 0.142 e. The van der Waals surface area contributed by atoms with Crippen molar-refractivity contribution in [1.82, 2.24) is 5.32 Å². The maximum Gasteiger partial charge on any atom is 0.142 e. The van der Waals surface area contributed by atoms with E-state index in [1.54, 1.807) is 6.07 Å². The van der Waals surface area contributed by atoms with E-state index in [9.17, 15) is 4.39 Å². The Bertz CT molecular complexity index is 618. The largest absolute Gasteiger partial charge is 0.306 e. The van der Waals surface area contributed by atoms with Crippen LogP contribution in [0, 0.1) is 5.82 Å². The first kappa shape index (κ1) is 15.5. The van der Waals surface area contributed by atoms with Gasteiger partial charge in [0.05, 0.1) is 10.5 Å². The molecule has 21 heavy (non-hydrogen) atoms. The Hall–Kier alpha value is -0.360. The van der Waals surface area contributed by atoms with Crippen molar-refractivity contribution < 1.29 is 4.39 Å². The fourth-order valence-corrected chi connectivity index (χ4v) is 5.48. The molecule has 0 aliphatic carbocycles. The van der Waals surface area contributed by atoms with Crippen molar-refractivity contribution in [3.05, 3.63) is 55.4 Å². The Kier molecular flexibility index (Phi) is 5.04. The van der Waals surface area contributed by atoms with Gasteiger partial charge in [-0.1, -0.05) is 19.1 Å². The summed E-state index contributed by atoms with van der Waals surface area (Å²) in [5.74, 6) is 2.12. The van der Waals surface area contributed by atoms with Crippen LogP contribution >= 0.6 is 39.0 Å². The van der Waals surface area contributed by atoms with E-state index in [0.29, 0.717) is 4.47 Å². The van der Waals surface area contributed by atoms with Crippen LogP contribution < -0.4 is 5.32 Å². The summed E-state index contributed by atoms with van der Waals surface area (Å²) in [6.45, 7) is 2.88. The summed E-state index contributed by atoms with van der Waals surface area (Å²) in [6.07, 6.45) is 1.14. The number of aryl methyl sites for hydroxylation is 1. The van der Waals surface area contributed by atoms with E-state index in [2.05, 4.69) is 34.2 Å². The second kappa shape index (κ2) is 6.82. The molecule has 1 aliphatic rings. The fraction of sp³-hybridized carbons (Fsp3) is 0.375. The maximum absolute atomic E-state index is 14.5. The molecule has 1 aromatic carbocycles. The van der Waals surface area contributed by atoms with Crippen molar-refractivity contribution in [3.63, 3.8) is 0 Å². The minimum absolute atomic E-state index is 0.0619. The highest BCUT2D eigenvalue weighted by molar-refractivity contribution is 9.10. The summed E-state index contributed by atoms with van der Waals surface area (Å²) < 4.78 is 15.0. The third-order valence-corrected chi connectivity index (χ3v) is 6.55. The average molecular weight is 386 g/mol. The fourth-order valence-electron chi connectivity index (χ4n) is 2.62. The van der Waals surface area contributed by atoms with Crippen molar-refractivity contribution in [2.24, 2.45) is 0 Å². The highest BCUT2D eigenvalue weighted by Crippen LogP contribution is 2.37. The van der Waals surface area contributed by atoms with Gasteiger partial charge in [0.2, 0.25) is 0 Å². The van der Waals surface area contributed by atoms with Crippen LogP contribution in [0.1, 0.15) is 33.8 Å². The molecule has 0 saturated carbocycles. The quantitative estimate of drug-likeness (QED) is 0.781. The highest BCUT2D eigenvalue weighted by Gasteiger charge is 2.23. The molecule has 1 unspecified atom stereocenters. The van der Waals surface area contributed by atoms with Crippen molar-refractivity contribution in [2.45, 2.75) is 25.1 Å². The van der Waals surface area contributed by atoms with Crippen molar-refractivity contribution >= 4 is 39.0 Å². The number of benzene rings is 1. The molecular weight excluding hydrogens is 369 g/mol. The molecule has 1 N–H and O–H groups in total. The van der Waals surface area contributed by atoms with Gasteiger partial charge in [-0.05, 0) is 52.3 Å². The van der Waals surface area contributed by atoms with Gasteiger partial charge in [-0.2, -0.15) is 11.8 Å². The normalized spacial score (nSPS) is 15.8. The summed E-state index contributed by atoms with van der Waals surface area (Å²) in [7, 11) is 0. The van der Waals surface area contributed by atoms with E-state index in [1.165, 1.54) is 21.1 Å². The monoisotopic (exact) mass is 385 g/mol. The topological polar surface area (TPSA) is 12.0 Å². The number of rotatable bonds is 4. The standard InChI is InChI=1S/C16H17BrFNS2/c1-2-19-16(11-4-3-5-12(17)15(11)18)14-8-10-9-20-7-6-13(10)21-14/h3-5,8,16,19H,2,6-7,9H2,1H3. The number of halogens is 2. The second-order valence-corrected chi connectivity index (χ2v) is 8.16. The lowest BCUT2D eigenvalue weighted by molar-refractivity contribution is 0.558. The van der Waals surface area contributed by atoms with Gasteiger partial charge in [0, 0.05) is 21.1 Å². The number of thioether (sulfide) groups is 1. The van der Waals surface area contributed by atoms with E-state index in [0.717, 1.165) is 24.3 Å². The molecule has 2 heterocycles. The molecular formula is C16H17BrFNS2. The number of thiophene rings is 1. The summed E-state index contributed by atoms with van der Waals surface area (Å²) in [5.41, 5.74) is 2.15. The summed E-state index contributed by atoms with van der Waals surface area (Å²) in [5, 5.41) is 3.44. The first-order valence-electron chi connectivity index (χ1n) is 7.07. The van der Waals surface area contributed by atoms with Gasteiger partial charge in [0.1, 0.15) is 5.82 Å². The van der Waals surface area contributed by atoms with Crippen molar-refractivity contribution in [1.29, 1.82) is 0 Å². The molecule has 112 valence electrons. The molecule has 1 atom stereocenters. The molecule has 0 saturated heterocycles. The van der Waals surface area contributed by atoms with Crippen LogP contribution in [0.15, 0.2) is 28.7 Å². The SMILES string of the molecule is CCNC(c1cc2c(s1)CCSC2)c1cccc(Br)c1F. The van der Waals surface area contributed by atoms with Crippen LogP contribution in [0.2, 0.25) is 0 Å². The first-order chi connectivity index (χ1) is 10.2. The number of hydrogen-bond donors (Lipinski definition) is 1. The van der Waals surface area contributed by atoms with Gasteiger partial charge in [-0.15, -0.1) is 11.3 Å². The molecule has 1 aromatic heterocycles. The molecule has 2 aromatic rings. The maximum atomic E-state index is 14.5. The molecule has 0 bridgehead atoms. The molecule has 0 fully saturated rings. The molecule has 1 aliphatic heterocycles. The Morgan fingerprint density at radius 3 is 3.05 bits per heavy atom. The van der Waals surface area contributed by atoms with Gasteiger partial charge in [-0.25, -0.2) is 4.39 Å². The third-order valence-electron chi connectivity index (χ3n) is 3.63. The Labute approximate surface area is 141 Å². The van der Waals surface area contributed by atoms with Crippen LogP contribution in [0.5, 0.6) is 0 Å². The molecule has 3 rings (SSSR count). The Morgan fingerprint density at radius 1 is 1.43 bits per heavy atom. The van der Waals surface area contributed by atoms with E-state index in [4.69, 9.17) is 0 Å². The van der Waals surface area contributed by atoms with Gasteiger partial charge < -0.3 is 5.32 Å². The zero-order valence-electron chi connectivity index (χ0n) is 11.8. The second-order valence-electron chi connectivity index (χ2n) is 5.03. The molecule has 1 nitrogen and oxygen atoms in total. The highest BCUT2D eigenvalue weighted by atomic mass is 79.9. The van der Waals surface area contributed by atoms with Gasteiger partial charge >= 0.3 is 0 Å². The van der Waals surface area contributed by atoms with Gasteiger partial charge in [-0.3, -0.25) is 0 Å². The first-order valence-corrected chi connectivity index (χ1v) is 9.83. The van der Waals surface area contributed by atoms with Gasteiger partial charge in [0.15, 0.2) is 0 Å². The minimum Gasteiger partial charge on any atom is -0.306 e. The van der Waals surface area contributed by atoms with Crippen LogP contribution in [0.3, 0.4) is 0 Å². The van der Waals surface area contributed by atoms with E-state index < -0.39 is 0 Å². The van der Waals surface area contributed by atoms with E-state index in [1.807, 2.05) is 35.2 Å². The molecule has 0 spiro atoms. The number of hydrogen-bond acceptors (Lipinski definition) is 3. The third kappa shape index (κ3) is 3.21. The van der Waals surface area contributed by atoms with Crippen molar-refractivity contribution in [3.8, 4) is 0 Å². The van der Waals surface area contributed by atoms with Crippen LogP contribution in [-0.4, -0.2) is 12.3 Å². The summed E-state index contributed by atoms with van der Waals surface area (Å²) in [6, 6.07) is 7.72. The Morgan fingerprint density at radius 2 is 2.29 bits per heavy atom. The minimum atomic E-state index is -0.163. The predicted octanol–water partition coefficient (Wildman–Crippen LogP) is 5.14. The molecule has 0 amide bonds. The zero-order valence-corrected chi connectivity index (χ0v) is 15.0. The zero-order chi connectivity index (χ0) is 14.8. The molecule has 0 radical (unpaired) electrons.